The number of amides is 1. The Hall–Kier alpha value is -1.54. The molecule has 3 rings (SSSR count). The molecular weight excluding hydrogens is 353 g/mol. The first-order valence-electron chi connectivity index (χ1n) is 7.49. The number of hydrogen-bond donors (Lipinski definition) is 2. The zero-order valence-electron chi connectivity index (χ0n) is 13.0. The number of benzene rings is 1. The minimum Gasteiger partial charge on any atom is -0.378 e. The summed E-state index contributed by atoms with van der Waals surface area (Å²) in [5, 5.41) is 6.61. The van der Waals surface area contributed by atoms with Crippen molar-refractivity contribution in [3.63, 3.8) is 0 Å². The van der Waals surface area contributed by atoms with Crippen LogP contribution in [0.1, 0.15) is 16.9 Å². The Morgan fingerprint density at radius 1 is 1.50 bits per heavy atom. The van der Waals surface area contributed by atoms with E-state index in [-0.39, 0.29) is 30.2 Å². The number of thiazole rings is 1. The van der Waals surface area contributed by atoms with Crippen molar-refractivity contribution in [2.24, 2.45) is 0 Å². The van der Waals surface area contributed by atoms with Crippen LogP contribution in [0.5, 0.6) is 0 Å². The highest BCUT2D eigenvalue weighted by Crippen LogP contribution is 2.21. The maximum atomic E-state index is 13.2. The molecule has 2 heterocycles. The minimum atomic E-state index is -0.247. The Morgan fingerprint density at radius 3 is 3.12 bits per heavy atom. The smallest absolute Gasteiger partial charge is 0.227 e. The standard InChI is InChI=1S/C16H18FN3O2S.ClH/c17-12-3-1-2-11(6-12)7-14-9-19-16(23-14)20-15(21)8-13-10-22-5-4-18-13;/h1-3,6,9,13,18H,4-5,7-8,10H2,(H,19,20,21);1H. The third-order valence-corrected chi connectivity index (χ3v) is 4.41. The molecule has 0 saturated carbocycles. The quantitative estimate of drug-likeness (QED) is 0.848. The summed E-state index contributed by atoms with van der Waals surface area (Å²) >= 11 is 1.41. The lowest BCUT2D eigenvalue weighted by atomic mass is 10.1. The van der Waals surface area contributed by atoms with Crippen LogP contribution in [-0.2, 0) is 16.0 Å². The summed E-state index contributed by atoms with van der Waals surface area (Å²) in [6.07, 6.45) is 2.68. The van der Waals surface area contributed by atoms with Crippen molar-refractivity contribution in [1.82, 2.24) is 10.3 Å². The lowest BCUT2D eigenvalue weighted by molar-refractivity contribution is -0.117. The van der Waals surface area contributed by atoms with Gasteiger partial charge in [0, 0.05) is 36.5 Å². The number of carbonyl (C=O) groups excluding carboxylic acids is 1. The number of hydrogen-bond acceptors (Lipinski definition) is 5. The Kier molecular flexibility index (Phi) is 7.11. The van der Waals surface area contributed by atoms with Crippen LogP contribution >= 0.6 is 23.7 Å². The first-order chi connectivity index (χ1) is 11.2. The summed E-state index contributed by atoms with van der Waals surface area (Å²) in [4.78, 5) is 17.2. The molecule has 0 radical (unpaired) electrons. The molecule has 0 aliphatic carbocycles. The van der Waals surface area contributed by atoms with E-state index in [4.69, 9.17) is 4.74 Å². The number of aromatic nitrogens is 1. The number of morpholine rings is 1. The maximum absolute atomic E-state index is 13.2. The van der Waals surface area contributed by atoms with Crippen LogP contribution in [0, 0.1) is 5.82 Å². The van der Waals surface area contributed by atoms with Gasteiger partial charge in [0.05, 0.1) is 13.2 Å². The molecule has 1 aromatic heterocycles. The van der Waals surface area contributed by atoms with E-state index in [1.165, 1.54) is 23.5 Å². The van der Waals surface area contributed by atoms with E-state index < -0.39 is 0 Å². The van der Waals surface area contributed by atoms with Gasteiger partial charge in [-0.25, -0.2) is 9.37 Å². The second-order valence-electron chi connectivity index (χ2n) is 5.42. The Morgan fingerprint density at radius 2 is 2.38 bits per heavy atom. The third kappa shape index (κ3) is 5.52. The monoisotopic (exact) mass is 371 g/mol. The Bertz CT molecular complexity index is 677. The van der Waals surface area contributed by atoms with Gasteiger partial charge in [-0.3, -0.25) is 4.79 Å². The molecule has 1 amide bonds. The van der Waals surface area contributed by atoms with E-state index >= 15 is 0 Å². The van der Waals surface area contributed by atoms with Crippen molar-refractivity contribution in [3.05, 3.63) is 46.7 Å². The summed E-state index contributed by atoms with van der Waals surface area (Å²) in [5.41, 5.74) is 0.884. The van der Waals surface area contributed by atoms with Crippen LogP contribution in [-0.4, -0.2) is 36.7 Å². The van der Waals surface area contributed by atoms with E-state index in [1.54, 1.807) is 12.3 Å². The lowest BCUT2D eigenvalue weighted by Gasteiger charge is -2.22. The normalized spacial score (nSPS) is 17.1. The summed E-state index contributed by atoms with van der Waals surface area (Å²) in [6, 6.07) is 6.54. The fourth-order valence-corrected chi connectivity index (χ4v) is 3.30. The Labute approximate surface area is 150 Å². The summed E-state index contributed by atoms with van der Waals surface area (Å²) in [5.74, 6) is -0.331. The van der Waals surface area contributed by atoms with Gasteiger partial charge >= 0.3 is 0 Å². The van der Waals surface area contributed by atoms with E-state index in [0.29, 0.717) is 31.2 Å². The fraction of sp³-hybridized carbons (Fsp3) is 0.375. The molecule has 2 N–H and O–H groups in total. The van der Waals surface area contributed by atoms with Gasteiger partial charge in [-0.2, -0.15) is 0 Å². The molecular formula is C16H19ClFN3O2S. The molecule has 0 spiro atoms. The largest absolute Gasteiger partial charge is 0.378 e. The van der Waals surface area contributed by atoms with Gasteiger partial charge in [0.15, 0.2) is 5.13 Å². The van der Waals surface area contributed by atoms with Crippen molar-refractivity contribution in [2.45, 2.75) is 18.9 Å². The van der Waals surface area contributed by atoms with Crippen LogP contribution in [0.4, 0.5) is 9.52 Å². The highest BCUT2D eigenvalue weighted by Gasteiger charge is 2.17. The summed E-state index contributed by atoms with van der Waals surface area (Å²) in [7, 11) is 0. The number of rotatable bonds is 5. The van der Waals surface area contributed by atoms with E-state index in [0.717, 1.165) is 17.0 Å². The molecule has 1 aliphatic heterocycles. The molecule has 1 saturated heterocycles. The lowest BCUT2D eigenvalue weighted by Crippen LogP contribution is -2.43. The van der Waals surface area contributed by atoms with E-state index in [9.17, 15) is 9.18 Å². The number of carbonyl (C=O) groups is 1. The van der Waals surface area contributed by atoms with Gasteiger partial charge in [0.1, 0.15) is 5.82 Å². The topological polar surface area (TPSA) is 63.2 Å². The van der Waals surface area contributed by atoms with Gasteiger partial charge < -0.3 is 15.4 Å². The summed E-state index contributed by atoms with van der Waals surface area (Å²) in [6.45, 7) is 2.01. The first-order valence-corrected chi connectivity index (χ1v) is 8.31. The second-order valence-corrected chi connectivity index (χ2v) is 6.53. The molecule has 130 valence electrons. The van der Waals surface area contributed by atoms with Crippen molar-refractivity contribution in [3.8, 4) is 0 Å². The number of ether oxygens (including phenoxy) is 1. The molecule has 1 unspecified atom stereocenters. The molecule has 1 aromatic carbocycles. The highest BCUT2D eigenvalue weighted by molar-refractivity contribution is 7.15. The van der Waals surface area contributed by atoms with Gasteiger partial charge in [0.2, 0.25) is 5.91 Å². The molecule has 0 bridgehead atoms. The zero-order valence-corrected chi connectivity index (χ0v) is 14.6. The molecule has 1 aliphatic rings. The predicted molar refractivity (Wildman–Crippen MR) is 94.4 cm³/mol. The molecule has 2 aromatic rings. The van der Waals surface area contributed by atoms with Crippen molar-refractivity contribution in [2.75, 3.05) is 25.1 Å². The van der Waals surface area contributed by atoms with Crippen LogP contribution in [0.3, 0.4) is 0 Å². The van der Waals surface area contributed by atoms with Crippen LogP contribution in [0.15, 0.2) is 30.5 Å². The van der Waals surface area contributed by atoms with Crippen LogP contribution in [0.2, 0.25) is 0 Å². The molecule has 5 nitrogen and oxygen atoms in total. The number of halogens is 2. The second kappa shape index (κ2) is 9.08. The predicted octanol–water partition coefficient (Wildman–Crippen LogP) is 2.61. The van der Waals surface area contributed by atoms with Crippen LogP contribution < -0.4 is 10.6 Å². The van der Waals surface area contributed by atoms with Crippen molar-refractivity contribution in [1.29, 1.82) is 0 Å². The number of nitrogens with zero attached hydrogens (tertiary/aromatic N) is 1. The molecule has 8 heteroatoms. The average Bonchev–Trinajstić information content (AvgIpc) is 2.95. The maximum Gasteiger partial charge on any atom is 0.227 e. The zero-order chi connectivity index (χ0) is 16.1. The Balaban J connectivity index is 0.00000208. The van der Waals surface area contributed by atoms with Crippen LogP contribution in [0.25, 0.3) is 0 Å². The van der Waals surface area contributed by atoms with Crippen molar-refractivity contribution >= 4 is 34.8 Å². The SMILES string of the molecule is Cl.O=C(CC1COCCN1)Nc1ncc(Cc2cccc(F)c2)s1. The third-order valence-electron chi connectivity index (χ3n) is 3.50. The van der Waals surface area contributed by atoms with Gasteiger partial charge in [0.25, 0.3) is 0 Å². The number of anilines is 1. The molecule has 24 heavy (non-hydrogen) atoms. The van der Waals surface area contributed by atoms with Gasteiger partial charge in [-0.15, -0.1) is 23.7 Å². The highest BCUT2D eigenvalue weighted by atomic mass is 35.5. The van der Waals surface area contributed by atoms with Crippen molar-refractivity contribution < 1.29 is 13.9 Å². The number of nitrogens with one attached hydrogen (secondary N) is 2. The van der Waals surface area contributed by atoms with E-state index in [2.05, 4.69) is 15.6 Å². The van der Waals surface area contributed by atoms with Gasteiger partial charge in [-0.1, -0.05) is 12.1 Å². The molecule has 1 atom stereocenters. The first kappa shape index (κ1) is 18.8. The average molecular weight is 372 g/mol. The minimum absolute atomic E-state index is 0. The van der Waals surface area contributed by atoms with Gasteiger partial charge in [-0.05, 0) is 17.7 Å². The van der Waals surface area contributed by atoms with E-state index in [1.807, 2.05) is 6.07 Å². The summed E-state index contributed by atoms with van der Waals surface area (Å²) < 4.78 is 18.5. The molecule has 1 fully saturated rings. The fourth-order valence-electron chi connectivity index (χ4n) is 2.44.